The molecule has 0 N–H and O–H groups in total. The van der Waals surface area contributed by atoms with Gasteiger partial charge in [0.15, 0.2) is 0 Å². The second-order valence-electron chi connectivity index (χ2n) is 7.29. The molecule has 0 aliphatic carbocycles. The number of nitrogens with zero attached hydrogens (tertiary/aromatic N) is 3. The van der Waals surface area contributed by atoms with E-state index in [9.17, 15) is 9.59 Å². The topological polar surface area (TPSA) is 63.9 Å². The number of benzene rings is 1. The van der Waals surface area contributed by atoms with E-state index in [0.29, 0.717) is 25.3 Å². The molecule has 1 saturated heterocycles. The van der Waals surface area contributed by atoms with E-state index < -0.39 is 0 Å². The summed E-state index contributed by atoms with van der Waals surface area (Å²) in [6.07, 6.45) is 4.93. The van der Waals surface area contributed by atoms with E-state index in [1.54, 1.807) is 23.2 Å². The molecule has 4 rings (SSSR count). The Morgan fingerprint density at radius 1 is 1.25 bits per heavy atom. The van der Waals surface area contributed by atoms with Crippen molar-refractivity contribution in [3.63, 3.8) is 0 Å². The van der Waals surface area contributed by atoms with Gasteiger partial charge >= 0.3 is 0 Å². The minimum Gasteiger partial charge on any atom is -0.493 e. The highest BCUT2D eigenvalue weighted by Gasteiger charge is 2.27. The summed E-state index contributed by atoms with van der Waals surface area (Å²) in [5.41, 5.74) is 1.48. The third-order valence-corrected chi connectivity index (χ3v) is 5.13. The van der Waals surface area contributed by atoms with Gasteiger partial charge in [0, 0.05) is 31.4 Å². The molecule has 144 valence electrons. The monoisotopic (exact) mass is 377 g/mol. The molecule has 1 amide bonds. The number of hydrogen-bond acceptors (Lipinski definition) is 4. The Labute approximate surface area is 163 Å². The van der Waals surface area contributed by atoms with Crippen LogP contribution in [0.3, 0.4) is 0 Å². The number of amides is 1. The Balaban J connectivity index is 1.46. The maximum atomic E-state index is 13.0. The molecule has 6 nitrogen and oxygen atoms in total. The normalized spacial score (nSPS) is 16.9. The van der Waals surface area contributed by atoms with Crippen LogP contribution in [0.5, 0.6) is 5.75 Å². The van der Waals surface area contributed by atoms with Gasteiger partial charge in [0.25, 0.3) is 11.5 Å². The summed E-state index contributed by atoms with van der Waals surface area (Å²) >= 11 is 0. The summed E-state index contributed by atoms with van der Waals surface area (Å²) < 4.78 is 7.34. The van der Waals surface area contributed by atoms with Gasteiger partial charge in [-0.2, -0.15) is 0 Å². The number of carbonyl (C=O) groups is 1. The first-order chi connectivity index (χ1) is 13.6. The molecule has 0 saturated carbocycles. The summed E-state index contributed by atoms with van der Waals surface area (Å²) in [5, 5.41) is 0. The number of rotatable bonds is 4. The summed E-state index contributed by atoms with van der Waals surface area (Å²) in [7, 11) is 0. The van der Waals surface area contributed by atoms with Crippen molar-refractivity contribution >= 4 is 11.6 Å². The molecule has 0 bridgehead atoms. The molecule has 28 heavy (non-hydrogen) atoms. The number of piperidine rings is 1. The number of ether oxygens (including phenoxy) is 1. The molecule has 0 radical (unpaired) electrons. The number of aromatic nitrogens is 2. The maximum absolute atomic E-state index is 13.0. The fraction of sp³-hybridized carbons (Fsp3) is 0.318. The van der Waals surface area contributed by atoms with Crippen molar-refractivity contribution in [3.8, 4) is 5.75 Å². The highest BCUT2D eigenvalue weighted by Crippen LogP contribution is 2.20. The molecule has 3 aromatic rings. The minimum atomic E-state index is -0.325. The van der Waals surface area contributed by atoms with Crippen LogP contribution in [0.4, 0.5) is 0 Å². The van der Waals surface area contributed by atoms with E-state index in [2.05, 4.69) is 4.98 Å². The first-order valence-corrected chi connectivity index (χ1v) is 9.57. The maximum Gasteiger partial charge on any atom is 0.270 e. The molecule has 1 aliphatic heterocycles. The largest absolute Gasteiger partial charge is 0.493 e. The van der Waals surface area contributed by atoms with Gasteiger partial charge in [0.2, 0.25) is 0 Å². The Hall–Kier alpha value is -3.15. The molecule has 1 aromatic carbocycles. The molecule has 0 spiro atoms. The number of hydrogen-bond donors (Lipinski definition) is 0. The number of pyridine rings is 1. The quantitative estimate of drug-likeness (QED) is 0.701. The van der Waals surface area contributed by atoms with Crippen molar-refractivity contribution in [1.29, 1.82) is 0 Å². The van der Waals surface area contributed by atoms with Crippen LogP contribution < -0.4 is 10.3 Å². The molecular weight excluding hydrogens is 354 g/mol. The van der Waals surface area contributed by atoms with Crippen molar-refractivity contribution in [3.05, 3.63) is 76.3 Å². The molecule has 3 heterocycles. The Morgan fingerprint density at radius 3 is 3.00 bits per heavy atom. The Morgan fingerprint density at radius 2 is 2.14 bits per heavy atom. The standard InChI is InChI=1S/C22H23N3O3/c1-16-6-4-8-18(12-16)28-15-17-7-5-10-24(14-17)21(26)19-13-23-20-9-2-3-11-25(20)22(19)27/h2-4,6,8-9,11-13,17H,5,7,10,14-15H2,1H3/t17-/m1/s1. The molecule has 0 unspecified atom stereocenters. The van der Waals surface area contributed by atoms with Gasteiger partial charge in [0.05, 0.1) is 6.61 Å². The van der Waals surface area contributed by atoms with Crippen LogP contribution >= 0.6 is 0 Å². The lowest BCUT2D eigenvalue weighted by atomic mass is 9.98. The van der Waals surface area contributed by atoms with Gasteiger partial charge in [-0.1, -0.05) is 18.2 Å². The zero-order chi connectivity index (χ0) is 19.5. The fourth-order valence-corrected chi connectivity index (χ4v) is 3.65. The van der Waals surface area contributed by atoms with Gasteiger partial charge in [0.1, 0.15) is 17.0 Å². The number of fused-ring (bicyclic) bond motifs is 1. The van der Waals surface area contributed by atoms with E-state index >= 15 is 0 Å². The van der Waals surface area contributed by atoms with Crippen LogP contribution in [0.2, 0.25) is 0 Å². The van der Waals surface area contributed by atoms with E-state index in [0.717, 1.165) is 24.2 Å². The van der Waals surface area contributed by atoms with Crippen molar-refractivity contribution in [2.75, 3.05) is 19.7 Å². The summed E-state index contributed by atoms with van der Waals surface area (Å²) in [6, 6.07) is 13.3. The number of carbonyl (C=O) groups excluding carboxylic acids is 1. The van der Waals surface area contributed by atoms with Crippen LogP contribution in [0.1, 0.15) is 28.8 Å². The first kappa shape index (κ1) is 18.2. The highest BCUT2D eigenvalue weighted by molar-refractivity contribution is 5.93. The molecule has 2 aromatic heterocycles. The summed E-state index contributed by atoms with van der Waals surface area (Å²) in [4.78, 5) is 31.7. The van der Waals surface area contributed by atoms with Crippen molar-refractivity contribution in [1.82, 2.24) is 14.3 Å². The average Bonchev–Trinajstić information content (AvgIpc) is 2.73. The lowest BCUT2D eigenvalue weighted by molar-refractivity contribution is 0.0631. The lowest BCUT2D eigenvalue weighted by Gasteiger charge is -2.32. The minimum absolute atomic E-state index is 0.115. The van der Waals surface area contributed by atoms with Gasteiger partial charge in [-0.3, -0.25) is 14.0 Å². The van der Waals surface area contributed by atoms with Crippen LogP contribution in [0, 0.1) is 12.8 Å². The van der Waals surface area contributed by atoms with Gasteiger partial charge in [-0.05, 0) is 49.6 Å². The predicted molar refractivity (Wildman–Crippen MR) is 107 cm³/mol. The molecule has 1 fully saturated rings. The Bertz CT molecular complexity index is 1060. The predicted octanol–water partition coefficient (Wildman–Crippen LogP) is 2.93. The van der Waals surface area contributed by atoms with Crippen LogP contribution in [0.15, 0.2) is 59.7 Å². The van der Waals surface area contributed by atoms with Crippen LogP contribution in [-0.2, 0) is 0 Å². The molecule has 1 atom stereocenters. The van der Waals surface area contributed by atoms with Crippen molar-refractivity contribution in [2.24, 2.45) is 5.92 Å². The van der Waals surface area contributed by atoms with Gasteiger partial charge in [-0.15, -0.1) is 0 Å². The van der Waals surface area contributed by atoms with E-state index in [4.69, 9.17) is 4.74 Å². The highest BCUT2D eigenvalue weighted by atomic mass is 16.5. The second-order valence-corrected chi connectivity index (χ2v) is 7.29. The van der Waals surface area contributed by atoms with E-state index in [1.165, 1.54) is 10.6 Å². The summed E-state index contributed by atoms with van der Waals surface area (Å²) in [5.74, 6) is 0.839. The number of likely N-dealkylation sites (tertiary alicyclic amines) is 1. The van der Waals surface area contributed by atoms with Crippen LogP contribution in [-0.4, -0.2) is 39.9 Å². The second kappa shape index (κ2) is 7.84. The van der Waals surface area contributed by atoms with Gasteiger partial charge in [-0.25, -0.2) is 4.98 Å². The van der Waals surface area contributed by atoms with Crippen LogP contribution in [0.25, 0.3) is 5.65 Å². The fourth-order valence-electron chi connectivity index (χ4n) is 3.65. The SMILES string of the molecule is Cc1cccc(OC[C@@H]2CCCN(C(=O)c3cnc4ccccn4c3=O)C2)c1. The van der Waals surface area contributed by atoms with Gasteiger partial charge < -0.3 is 9.64 Å². The average molecular weight is 377 g/mol. The number of aryl methyl sites for hydroxylation is 1. The summed E-state index contributed by atoms with van der Waals surface area (Å²) in [6.45, 7) is 3.82. The zero-order valence-electron chi connectivity index (χ0n) is 15.9. The third kappa shape index (κ3) is 3.76. The van der Waals surface area contributed by atoms with Crippen molar-refractivity contribution < 1.29 is 9.53 Å². The smallest absolute Gasteiger partial charge is 0.270 e. The lowest BCUT2D eigenvalue weighted by Crippen LogP contribution is -2.43. The first-order valence-electron chi connectivity index (χ1n) is 9.57. The zero-order valence-corrected chi connectivity index (χ0v) is 15.9. The Kier molecular flexibility index (Phi) is 5.10. The molecule has 6 heteroatoms. The molecular formula is C22H23N3O3. The van der Waals surface area contributed by atoms with E-state index in [-0.39, 0.29) is 22.9 Å². The van der Waals surface area contributed by atoms with Crippen molar-refractivity contribution in [2.45, 2.75) is 19.8 Å². The third-order valence-electron chi connectivity index (χ3n) is 5.13. The molecule has 1 aliphatic rings. The van der Waals surface area contributed by atoms with E-state index in [1.807, 2.05) is 37.3 Å².